The van der Waals surface area contributed by atoms with Crippen molar-refractivity contribution in [2.45, 2.75) is 18.4 Å². The molecule has 1 aliphatic rings. The van der Waals surface area contributed by atoms with Gasteiger partial charge in [0.1, 0.15) is 11.4 Å². The zero-order valence-electron chi connectivity index (χ0n) is 16.2. The number of benzene rings is 3. The van der Waals surface area contributed by atoms with E-state index in [-0.39, 0.29) is 5.92 Å². The van der Waals surface area contributed by atoms with E-state index in [4.69, 9.17) is 4.74 Å². The first-order valence-electron chi connectivity index (χ1n) is 9.86. The van der Waals surface area contributed by atoms with Gasteiger partial charge >= 0.3 is 0 Å². The summed E-state index contributed by atoms with van der Waals surface area (Å²) in [7, 11) is 1.70. The molecule has 0 bridgehead atoms. The lowest BCUT2D eigenvalue weighted by Gasteiger charge is -2.43. The van der Waals surface area contributed by atoms with E-state index in [1.54, 1.807) is 7.11 Å². The Morgan fingerprint density at radius 2 is 1.50 bits per heavy atom. The van der Waals surface area contributed by atoms with Crippen LogP contribution in [0.4, 0.5) is 5.69 Å². The van der Waals surface area contributed by atoms with Gasteiger partial charge in [-0.15, -0.1) is 0 Å². The number of hydrogen-bond donors (Lipinski definition) is 1. The Bertz CT molecular complexity index is 847. The summed E-state index contributed by atoms with van der Waals surface area (Å²) in [6.45, 7) is 1.76. The molecule has 0 spiro atoms. The third-order valence-corrected chi connectivity index (χ3v) is 5.88. The van der Waals surface area contributed by atoms with Gasteiger partial charge in [-0.3, -0.25) is 0 Å². The number of methoxy groups -OCH3 is 1. The predicted molar refractivity (Wildman–Crippen MR) is 113 cm³/mol. The standard InChI is InChI=1S/C25H26NO2/c1-28-24-15-9-8-14-23(24)26-18-16-22(17-19-26)25(27,20-10-4-2-5-11-20)21-12-6-3-7-13-21/h2-8,10-15,22,27H,16-19H2,1H3. The Balaban J connectivity index is 1.62. The Morgan fingerprint density at radius 3 is 2.04 bits per heavy atom. The van der Waals surface area contributed by atoms with E-state index < -0.39 is 5.60 Å². The minimum absolute atomic E-state index is 0.148. The molecule has 1 aliphatic heterocycles. The zero-order valence-corrected chi connectivity index (χ0v) is 16.2. The van der Waals surface area contributed by atoms with E-state index in [1.807, 2.05) is 72.8 Å². The van der Waals surface area contributed by atoms with Gasteiger partial charge in [0.2, 0.25) is 0 Å². The summed E-state index contributed by atoms with van der Waals surface area (Å²) >= 11 is 0. The minimum Gasteiger partial charge on any atom is -0.495 e. The molecular formula is C25H26NO2. The molecule has 0 aromatic heterocycles. The van der Waals surface area contributed by atoms with Crippen molar-refractivity contribution < 1.29 is 9.84 Å². The van der Waals surface area contributed by atoms with Crippen LogP contribution in [0.3, 0.4) is 0 Å². The van der Waals surface area contributed by atoms with Gasteiger partial charge in [0, 0.05) is 13.1 Å². The first kappa shape index (κ1) is 18.6. The smallest absolute Gasteiger partial charge is 0.142 e. The van der Waals surface area contributed by atoms with Crippen molar-refractivity contribution >= 4 is 5.69 Å². The van der Waals surface area contributed by atoms with Crippen molar-refractivity contribution in [1.29, 1.82) is 0 Å². The second-order valence-electron chi connectivity index (χ2n) is 7.36. The molecule has 0 amide bonds. The molecule has 1 fully saturated rings. The average Bonchev–Trinajstić information content (AvgIpc) is 2.80. The van der Waals surface area contributed by atoms with E-state index in [9.17, 15) is 5.11 Å². The number of nitrogens with zero attached hydrogens (tertiary/aromatic N) is 1. The largest absolute Gasteiger partial charge is 0.495 e. The van der Waals surface area contributed by atoms with Crippen LogP contribution in [0.2, 0.25) is 0 Å². The average molecular weight is 372 g/mol. The molecule has 3 heteroatoms. The Labute approximate surface area is 167 Å². The summed E-state index contributed by atoms with van der Waals surface area (Å²) in [6.07, 6.45) is 1.81. The van der Waals surface area contributed by atoms with Crippen LogP contribution in [0.25, 0.3) is 0 Å². The molecule has 0 aliphatic carbocycles. The lowest BCUT2D eigenvalue weighted by Crippen LogP contribution is -2.44. The molecular weight excluding hydrogens is 346 g/mol. The van der Waals surface area contributed by atoms with Crippen LogP contribution < -0.4 is 9.64 Å². The fraction of sp³-hybridized carbons (Fsp3) is 0.280. The molecule has 1 N–H and O–H groups in total. The van der Waals surface area contributed by atoms with Crippen LogP contribution in [0.1, 0.15) is 24.0 Å². The van der Waals surface area contributed by atoms with Crippen molar-refractivity contribution in [1.82, 2.24) is 0 Å². The Hall–Kier alpha value is -2.78. The molecule has 1 radical (unpaired) electrons. The van der Waals surface area contributed by atoms with Crippen LogP contribution in [-0.4, -0.2) is 25.3 Å². The van der Waals surface area contributed by atoms with Crippen molar-refractivity contribution in [3.05, 3.63) is 96.1 Å². The molecule has 0 saturated carbocycles. The Kier molecular flexibility index (Phi) is 5.36. The SMILES string of the molecule is COc1c[c]ccc1N1CCC(C(O)(c2ccccc2)c2ccccc2)CC1. The lowest BCUT2D eigenvalue weighted by molar-refractivity contribution is 0.00503. The van der Waals surface area contributed by atoms with Crippen molar-refractivity contribution in [2.24, 2.45) is 5.92 Å². The van der Waals surface area contributed by atoms with Crippen molar-refractivity contribution in [2.75, 3.05) is 25.1 Å². The number of anilines is 1. The van der Waals surface area contributed by atoms with Crippen molar-refractivity contribution in [3.63, 3.8) is 0 Å². The minimum atomic E-state index is -0.983. The normalized spacial score (nSPS) is 15.4. The maximum absolute atomic E-state index is 12.0. The van der Waals surface area contributed by atoms with Crippen LogP contribution in [-0.2, 0) is 5.60 Å². The van der Waals surface area contributed by atoms with Crippen molar-refractivity contribution in [3.8, 4) is 5.75 Å². The summed E-state index contributed by atoms with van der Waals surface area (Å²) in [5.41, 5.74) is 2.05. The fourth-order valence-electron chi connectivity index (χ4n) is 4.39. The van der Waals surface area contributed by atoms with Crippen LogP contribution in [0, 0.1) is 12.0 Å². The molecule has 1 saturated heterocycles. The van der Waals surface area contributed by atoms with Gasteiger partial charge in [0.05, 0.1) is 12.8 Å². The maximum atomic E-state index is 12.0. The molecule has 28 heavy (non-hydrogen) atoms. The first-order valence-corrected chi connectivity index (χ1v) is 9.86. The number of piperidine rings is 1. The van der Waals surface area contributed by atoms with Gasteiger partial charge in [0.15, 0.2) is 0 Å². The highest BCUT2D eigenvalue weighted by atomic mass is 16.5. The van der Waals surface area contributed by atoms with E-state index in [2.05, 4.69) is 17.0 Å². The Morgan fingerprint density at radius 1 is 0.929 bits per heavy atom. The number of hydrogen-bond acceptors (Lipinski definition) is 3. The monoisotopic (exact) mass is 372 g/mol. The van der Waals surface area contributed by atoms with Gasteiger partial charge in [-0.25, -0.2) is 0 Å². The maximum Gasteiger partial charge on any atom is 0.142 e. The highest BCUT2D eigenvalue weighted by Gasteiger charge is 2.41. The van der Waals surface area contributed by atoms with Gasteiger partial charge in [-0.2, -0.15) is 0 Å². The van der Waals surface area contributed by atoms with Gasteiger partial charge in [-0.05, 0) is 48.1 Å². The van der Waals surface area contributed by atoms with Crippen LogP contribution >= 0.6 is 0 Å². The first-order chi connectivity index (χ1) is 13.7. The third-order valence-electron chi connectivity index (χ3n) is 5.88. The molecule has 3 aromatic rings. The summed E-state index contributed by atoms with van der Waals surface area (Å²) in [6, 6.07) is 29.1. The highest BCUT2D eigenvalue weighted by Crippen LogP contribution is 2.43. The fourth-order valence-corrected chi connectivity index (χ4v) is 4.39. The summed E-state index contributed by atoms with van der Waals surface area (Å²) in [4.78, 5) is 2.35. The predicted octanol–water partition coefficient (Wildman–Crippen LogP) is 4.65. The second-order valence-corrected chi connectivity index (χ2v) is 7.36. The lowest BCUT2D eigenvalue weighted by atomic mass is 9.72. The van der Waals surface area contributed by atoms with Gasteiger partial charge in [-0.1, -0.05) is 66.7 Å². The summed E-state index contributed by atoms with van der Waals surface area (Å²) in [5.74, 6) is 0.997. The number of ether oxygens (including phenoxy) is 1. The molecule has 143 valence electrons. The van der Waals surface area contributed by atoms with E-state index in [0.29, 0.717) is 0 Å². The third kappa shape index (κ3) is 3.38. The quantitative estimate of drug-likeness (QED) is 0.708. The highest BCUT2D eigenvalue weighted by molar-refractivity contribution is 5.58. The second kappa shape index (κ2) is 8.07. The van der Waals surface area contributed by atoms with Crippen LogP contribution in [0.5, 0.6) is 5.75 Å². The number of rotatable bonds is 5. The molecule has 0 unspecified atom stereocenters. The molecule has 3 aromatic carbocycles. The van der Waals surface area contributed by atoms with E-state index >= 15 is 0 Å². The topological polar surface area (TPSA) is 32.7 Å². The number of aliphatic hydroxyl groups is 1. The molecule has 3 nitrogen and oxygen atoms in total. The summed E-state index contributed by atoms with van der Waals surface area (Å²) < 4.78 is 5.51. The molecule has 1 heterocycles. The molecule has 4 rings (SSSR count). The zero-order chi connectivity index (χ0) is 19.4. The van der Waals surface area contributed by atoms with Gasteiger partial charge in [0.25, 0.3) is 0 Å². The molecule has 0 atom stereocenters. The van der Waals surface area contributed by atoms with E-state index in [1.165, 1.54) is 0 Å². The summed E-state index contributed by atoms with van der Waals surface area (Å²) in [5, 5.41) is 12.0. The van der Waals surface area contributed by atoms with E-state index in [0.717, 1.165) is 48.5 Å². The van der Waals surface area contributed by atoms with Crippen LogP contribution in [0.15, 0.2) is 78.9 Å². The van der Waals surface area contributed by atoms with Gasteiger partial charge < -0.3 is 14.7 Å².